The van der Waals surface area contributed by atoms with Gasteiger partial charge in [-0.3, -0.25) is 4.79 Å². The van der Waals surface area contributed by atoms with Crippen LogP contribution in [0.3, 0.4) is 0 Å². The van der Waals surface area contributed by atoms with Gasteiger partial charge in [0.05, 0.1) is 17.1 Å². The highest BCUT2D eigenvalue weighted by atomic mass is 35.5. The van der Waals surface area contributed by atoms with E-state index >= 15 is 0 Å². The summed E-state index contributed by atoms with van der Waals surface area (Å²) in [6, 6.07) is 13.3. The molecule has 1 amide bonds. The number of halogens is 1. The molecule has 0 atom stereocenters. The molecule has 0 spiro atoms. The lowest BCUT2D eigenvalue weighted by Gasteiger charge is -2.17. The van der Waals surface area contributed by atoms with Gasteiger partial charge in [0.15, 0.2) is 0 Å². The third kappa shape index (κ3) is 4.51. The molecule has 0 saturated carbocycles. The molecule has 0 heterocycles. The molecule has 0 aliphatic rings. The molecule has 0 fully saturated rings. The monoisotopic (exact) mass is 384 g/mol. The Morgan fingerprint density at radius 3 is 2.58 bits per heavy atom. The molecule has 0 bridgehead atoms. The number of sulfonamides is 1. The molecule has 5 nitrogen and oxygen atoms in total. The smallest absolute Gasteiger partial charge is 0.243 e. The number of carbonyl (C=O) groups excluding carboxylic acids is 1. The van der Waals surface area contributed by atoms with E-state index in [4.69, 9.17) is 11.6 Å². The van der Waals surface area contributed by atoms with E-state index in [0.717, 1.165) is 9.20 Å². The van der Waals surface area contributed by atoms with Crippen LogP contribution in [0.15, 0.2) is 58.3 Å². The van der Waals surface area contributed by atoms with Crippen molar-refractivity contribution >= 4 is 45.0 Å². The van der Waals surface area contributed by atoms with Crippen molar-refractivity contribution in [1.29, 1.82) is 0 Å². The lowest BCUT2D eigenvalue weighted by atomic mass is 10.3. The molecule has 2 aromatic carbocycles. The van der Waals surface area contributed by atoms with Crippen molar-refractivity contribution in [2.45, 2.75) is 9.79 Å². The lowest BCUT2D eigenvalue weighted by molar-refractivity contribution is -0.116. The Morgan fingerprint density at radius 1 is 1.21 bits per heavy atom. The zero-order valence-corrected chi connectivity index (χ0v) is 15.6. The van der Waals surface area contributed by atoms with Crippen LogP contribution < -0.4 is 5.32 Å². The van der Waals surface area contributed by atoms with Gasteiger partial charge in [0, 0.05) is 17.0 Å². The molecule has 0 saturated heterocycles. The van der Waals surface area contributed by atoms with Crippen LogP contribution in [-0.2, 0) is 14.8 Å². The quantitative estimate of drug-likeness (QED) is 0.776. The Morgan fingerprint density at radius 2 is 1.92 bits per heavy atom. The van der Waals surface area contributed by atoms with E-state index in [0.29, 0.717) is 10.7 Å². The van der Waals surface area contributed by atoms with Crippen molar-refractivity contribution in [2.24, 2.45) is 0 Å². The Hall–Kier alpha value is -1.54. The van der Waals surface area contributed by atoms with Crippen molar-refractivity contribution < 1.29 is 13.2 Å². The fraction of sp³-hybridized carbons (Fsp3) is 0.188. The van der Waals surface area contributed by atoms with Crippen LogP contribution >= 0.6 is 23.4 Å². The van der Waals surface area contributed by atoms with Crippen molar-refractivity contribution in [3.8, 4) is 0 Å². The number of para-hydroxylation sites is 1. The van der Waals surface area contributed by atoms with Crippen LogP contribution in [0, 0.1) is 0 Å². The topological polar surface area (TPSA) is 66.5 Å². The first-order chi connectivity index (χ1) is 11.3. The first kappa shape index (κ1) is 18.8. The molecule has 2 aromatic rings. The predicted octanol–water partition coefficient (Wildman–Crippen LogP) is 3.32. The number of hydrogen-bond acceptors (Lipinski definition) is 4. The van der Waals surface area contributed by atoms with E-state index in [2.05, 4.69) is 5.32 Å². The third-order valence-electron chi connectivity index (χ3n) is 3.25. The molecular weight excluding hydrogens is 368 g/mol. The lowest BCUT2D eigenvalue weighted by Crippen LogP contribution is -2.35. The number of nitrogens with zero attached hydrogens (tertiary/aromatic N) is 1. The van der Waals surface area contributed by atoms with Gasteiger partial charge in [-0.1, -0.05) is 29.8 Å². The summed E-state index contributed by atoms with van der Waals surface area (Å²) in [5.41, 5.74) is 0.656. The highest BCUT2D eigenvalue weighted by Gasteiger charge is 2.23. The van der Waals surface area contributed by atoms with Crippen LogP contribution in [-0.4, -0.2) is 38.5 Å². The number of hydrogen-bond donors (Lipinski definition) is 1. The predicted molar refractivity (Wildman–Crippen MR) is 98.1 cm³/mol. The second-order valence-corrected chi connectivity index (χ2v) is 8.30. The Kier molecular flexibility index (Phi) is 6.28. The number of carbonyl (C=O) groups is 1. The van der Waals surface area contributed by atoms with Gasteiger partial charge in [0.2, 0.25) is 15.9 Å². The number of anilines is 1. The Labute approximate surface area is 151 Å². The molecule has 24 heavy (non-hydrogen) atoms. The minimum Gasteiger partial charge on any atom is -0.324 e. The second kappa shape index (κ2) is 8.02. The van der Waals surface area contributed by atoms with E-state index in [9.17, 15) is 13.2 Å². The zero-order chi connectivity index (χ0) is 17.7. The third-order valence-corrected chi connectivity index (χ3v) is 6.08. The average molecular weight is 385 g/mol. The standard InChI is InChI=1S/C16H17ClN2O3S2/c1-19(24(21,22)13-7-5-6-12(17)10-13)11-16(20)18-14-8-3-4-9-15(14)23-2/h3-10H,11H2,1-2H3,(H,18,20). The van der Waals surface area contributed by atoms with Gasteiger partial charge in [-0.15, -0.1) is 11.8 Å². The Bertz CT molecular complexity index is 841. The Balaban J connectivity index is 2.11. The summed E-state index contributed by atoms with van der Waals surface area (Å²) in [6.07, 6.45) is 1.90. The minimum atomic E-state index is -3.78. The van der Waals surface area contributed by atoms with Crippen LogP contribution in [0.4, 0.5) is 5.69 Å². The maximum Gasteiger partial charge on any atom is 0.243 e. The van der Waals surface area contributed by atoms with E-state index < -0.39 is 15.9 Å². The number of amides is 1. The molecule has 0 radical (unpaired) electrons. The van der Waals surface area contributed by atoms with E-state index in [-0.39, 0.29) is 11.4 Å². The van der Waals surface area contributed by atoms with Gasteiger partial charge in [0.25, 0.3) is 0 Å². The second-order valence-electron chi connectivity index (χ2n) is 4.97. The molecule has 0 aliphatic heterocycles. The van der Waals surface area contributed by atoms with Gasteiger partial charge in [-0.05, 0) is 36.6 Å². The summed E-state index contributed by atoms with van der Waals surface area (Å²) in [6.45, 7) is -0.294. The molecular formula is C16H17ClN2O3S2. The first-order valence-corrected chi connectivity index (χ1v) is 10.0. The van der Waals surface area contributed by atoms with Crippen LogP contribution in [0.2, 0.25) is 5.02 Å². The number of likely N-dealkylation sites (N-methyl/N-ethyl adjacent to an activating group) is 1. The fourth-order valence-corrected chi connectivity index (χ4v) is 4.01. The molecule has 0 aliphatic carbocycles. The van der Waals surface area contributed by atoms with Gasteiger partial charge in [-0.2, -0.15) is 4.31 Å². The van der Waals surface area contributed by atoms with E-state index in [1.165, 1.54) is 30.9 Å². The minimum absolute atomic E-state index is 0.0508. The van der Waals surface area contributed by atoms with Crippen molar-refractivity contribution in [3.05, 3.63) is 53.6 Å². The summed E-state index contributed by atoms with van der Waals surface area (Å²) in [5, 5.41) is 3.06. The first-order valence-electron chi connectivity index (χ1n) is 6.99. The van der Waals surface area contributed by atoms with Gasteiger partial charge in [-0.25, -0.2) is 8.42 Å². The van der Waals surface area contributed by atoms with E-state index in [1.807, 2.05) is 24.5 Å². The maximum atomic E-state index is 12.5. The van der Waals surface area contributed by atoms with Gasteiger partial charge >= 0.3 is 0 Å². The number of benzene rings is 2. The average Bonchev–Trinajstić information content (AvgIpc) is 2.55. The molecule has 128 valence electrons. The SMILES string of the molecule is CSc1ccccc1NC(=O)CN(C)S(=O)(=O)c1cccc(Cl)c1. The maximum absolute atomic E-state index is 12.5. The summed E-state index contributed by atoms with van der Waals surface area (Å²) in [7, 11) is -2.42. The van der Waals surface area contributed by atoms with Crippen molar-refractivity contribution in [2.75, 3.05) is 25.2 Å². The normalized spacial score (nSPS) is 11.5. The fourth-order valence-electron chi connectivity index (χ4n) is 2.03. The van der Waals surface area contributed by atoms with E-state index in [1.54, 1.807) is 18.2 Å². The van der Waals surface area contributed by atoms with Gasteiger partial charge in [0.1, 0.15) is 0 Å². The highest BCUT2D eigenvalue weighted by Crippen LogP contribution is 2.24. The molecule has 0 aromatic heterocycles. The van der Waals surface area contributed by atoms with Crippen molar-refractivity contribution in [1.82, 2.24) is 4.31 Å². The molecule has 1 N–H and O–H groups in total. The van der Waals surface area contributed by atoms with Crippen molar-refractivity contribution in [3.63, 3.8) is 0 Å². The summed E-state index contributed by atoms with van der Waals surface area (Å²) < 4.78 is 26.0. The highest BCUT2D eigenvalue weighted by molar-refractivity contribution is 7.98. The molecule has 0 unspecified atom stereocenters. The summed E-state index contributed by atoms with van der Waals surface area (Å²) in [5.74, 6) is -0.412. The van der Waals surface area contributed by atoms with Crippen LogP contribution in [0.5, 0.6) is 0 Å². The zero-order valence-electron chi connectivity index (χ0n) is 13.2. The number of nitrogens with one attached hydrogen (secondary N) is 1. The van der Waals surface area contributed by atoms with Crippen LogP contribution in [0.1, 0.15) is 0 Å². The molecule has 8 heteroatoms. The molecule has 2 rings (SSSR count). The van der Waals surface area contributed by atoms with Crippen LogP contribution in [0.25, 0.3) is 0 Å². The summed E-state index contributed by atoms with van der Waals surface area (Å²) >= 11 is 7.34. The largest absolute Gasteiger partial charge is 0.324 e. The van der Waals surface area contributed by atoms with Gasteiger partial charge < -0.3 is 5.32 Å². The number of thioether (sulfide) groups is 1. The number of rotatable bonds is 6. The summed E-state index contributed by atoms with van der Waals surface area (Å²) in [4.78, 5) is 13.1.